The third-order valence-electron chi connectivity index (χ3n) is 2.66. The average molecular weight is 191 g/mol. The number of sulfonamides is 1. The van der Waals surface area contributed by atoms with Gasteiger partial charge in [0.1, 0.15) is 0 Å². The van der Waals surface area contributed by atoms with Crippen molar-refractivity contribution < 1.29 is 8.42 Å². The molecule has 0 heterocycles. The second-order valence-electron chi connectivity index (χ2n) is 3.85. The van der Waals surface area contributed by atoms with Gasteiger partial charge in [-0.25, -0.2) is 12.7 Å². The highest BCUT2D eigenvalue weighted by molar-refractivity contribution is 7.88. The third kappa shape index (κ3) is 2.75. The molecule has 72 valence electrons. The summed E-state index contributed by atoms with van der Waals surface area (Å²) in [6.45, 7) is 2.89. The van der Waals surface area contributed by atoms with Crippen molar-refractivity contribution in [3.63, 3.8) is 0 Å². The highest BCUT2D eigenvalue weighted by Gasteiger charge is 2.32. The predicted molar refractivity (Wildman–Crippen MR) is 49.4 cm³/mol. The first-order valence-corrected chi connectivity index (χ1v) is 6.17. The summed E-state index contributed by atoms with van der Waals surface area (Å²) in [6.07, 6.45) is 3.55. The Hall–Kier alpha value is -0.0900. The lowest BCUT2D eigenvalue weighted by atomic mass is 10.2. The lowest BCUT2D eigenvalue weighted by molar-refractivity contribution is 0.450. The Morgan fingerprint density at radius 2 is 2.00 bits per heavy atom. The van der Waals surface area contributed by atoms with Gasteiger partial charge >= 0.3 is 0 Å². The molecule has 2 atom stereocenters. The average Bonchev–Trinajstić information content (AvgIpc) is 2.59. The van der Waals surface area contributed by atoms with Crippen LogP contribution in [0.1, 0.15) is 19.8 Å². The van der Waals surface area contributed by atoms with Gasteiger partial charge in [0.25, 0.3) is 0 Å². The van der Waals surface area contributed by atoms with Crippen molar-refractivity contribution in [2.75, 3.05) is 19.8 Å². The molecule has 0 N–H and O–H groups in total. The van der Waals surface area contributed by atoms with Crippen LogP contribution in [-0.2, 0) is 10.0 Å². The molecule has 0 aromatic carbocycles. The summed E-state index contributed by atoms with van der Waals surface area (Å²) in [4.78, 5) is 0. The van der Waals surface area contributed by atoms with E-state index in [4.69, 9.17) is 0 Å². The van der Waals surface area contributed by atoms with Gasteiger partial charge in [0, 0.05) is 13.6 Å². The highest BCUT2D eigenvalue weighted by Crippen LogP contribution is 2.40. The minimum atomic E-state index is -2.95. The molecule has 12 heavy (non-hydrogen) atoms. The smallest absolute Gasteiger partial charge is 0.210 e. The molecule has 0 aromatic heterocycles. The largest absolute Gasteiger partial charge is 0.213 e. The maximum Gasteiger partial charge on any atom is 0.210 e. The fourth-order valence-electron chi connectivity index (χ4n) is 1.31. The van der Waals surface area contributed by atoms with Crippen molar-refractivity contribution in [1.29, 1.82) is 0 Å². The number of nitrogens with zero attached hydrogens (tertiary/aromatic N) is 1. The summed E-state index contributed by atoms with van der Waals surface area (Å²) in [6, 6.07) is 0. The van der Waals surface area contributed by atoms with Gasteiger partial charge in [0.2, 0.25) is 10.0 Å². The van der Waals surface area contributed by atoms with E-state index < -0.39 is 10.0 Å². The molecule has 0 amide bonds. The lowest BCUT2D eigenvalue weighted by Gasteiger charge is -2.12. The van der Waals surface area contributed by atoms with Crippen molar-refractivity contribution in [2.24, 2.45) is 11.8 Å². The molecule has 1 fully saturated rings. The van der Waals surface area contributed by atoms with Crippen LogP contribution in [0, 0.1) is 11.8 Å². The molecule has 4 heteroatoms. The SMILES string of the molecule is CC1CC1CCN(C)S(C)(=O)=O. The Balaban J connectivity index is 2.23. The van der Waals surface area contributed by atoms with E-state index >= 15 is 0 Å². The van der Waals surface area contributed by atoms with Crippen LogP contribution in [0.2, 0.25) is 0 Å². The van der Waals surface area contributed by atoms with E-state index in [1.165, 1.54) is 17.0 Å². The van der Waals surface area contributed by atoms with Crippen molar-refractivity contribution in [3.8, 4) is 0 Å². The first kappa shape index (κ1) is 9.99. The molecule has 1 saturated carbocycles. The van der Waals surface area contributed by atoms with E-state index in [1.54, 1.807) is 7.05 Å². The minimum absolute atomic E-state index is 0.674. The third-order valence-corrected chi connectivity index (χ3v) is 3.97. The zero-order valence-electron chi connectivity index (χ0n) is 7.95. The van der Waals surface area contributed by atoms with Crippen molar-refractivity contribution in [1.82, 2.24) is 4.31 Å². The van der Waals surface area contributed by atoms with Crippen LogP contribution in [0.3, 0.4) is 0 Å². The summed E-state index contributed by atoms with van der Waals surface area (Å²) in [7, 11) is -1.31. The number of hydrogen-bond donors (Lipinski definition) is 0. The van der Waals surface area contributed by atoms with Crippen LogP contribution in [0.25, 0.3) is 0 Å². The second kappa shape index (κ2) is 3.34. The molecule has 2 unspecified atom stereocenters. The normalized spacial score (nSPS) is 29.3. The molecule has 0 spiro atoms. The Labute approximate surface area is 74.8 Å². The molecule has 1 rings (SSSR count). The van der Waals surface area contributed by atoms with Crippen LogP contribution in [0.4, 0.5) is 0 Å². The summed E-state index contributed by atoms with van der Waals surface area (Å²) in [5.41, 5.74) is 0. The zero-order chi connectivity index (χ0) is 9.35. The predicted octanol–water partition coefficient (Wildman–Crippen LogP) is 0.924. The molecule has 0 aliphatic heterocycles. The zero-order valence-corrected chi connectivity index (χ0v) is 8.76. The quantitative estimate of drug-likeness (QED) is 0.662. The molecule has 0 radical (unpaired) electrons. The molecule has 3 nitrogen and oxygen atoms in total. The molecular weight excluding hydrogens is 174 g/mol. The molecular formula is C8H17NO2S. The van der Waals surface area contributed by atoms with E-state index in [1.807, 2.05) is 0 Å². The van der Waals surface area contributed by atoms with Gasteiger partial charge in [-0.15, -0.1) is 0 Å². The molecule has 0 aromatic rings. The summed E-state index contributed by atoms with van der Waals surface area (Å²) < 4.78 is 23.4. The number of hydrogen-bond acceptors (Lipinski definition) is 2. The standard InChI is InChI=1S/C8H17NO2S/c1-7-6-8(7)4-5-9(2)12(3,10)11/h7-8H,4-6H2,1-3H3. The molecule has 0 bridgehead atoms. The van der Waals surface area contributed by atoms with Gasteiger partial charge in [-0.3, -0.25) is 0 Å². The van der Waals surface area contributed by atoms with Gasteiger partial charge in [0.05, 0.1) is 6.26 Å². The minimum Gasteiger partial charge on any atom is -0.213 e. The Kier molecular flexibility index (Phi) is 2.78. The van der Waals surface area contributed by atoms with Crippen LogP contribution in [0.5, 0.6) is 0 Å². The van der Waals surface area contributed by atoms with E-state index in [9.17, 15) is 8.42 Å². The Morgan fingerprint density at radius 1 is 1.50 bits per heavy atom. The van der Waals surface area contributed by atoms with Crippen LogP contribution < -0.4 is 0 Å². The van der Waals surface area contributed by atoms with Gasteiger partial charge in [-0.05, 0) is 24.7 Å². The molecule has 0 saturated heterocycles. The van der Waals surface area contributed by atoms with Crippen LogP contribution in [0.15, 0.2) is 0 Å². The van der Waals surface area contributed by atoms with E-state index in [0.29, 0.717) is 6.54 Å². The van der Waals surface area contributed by atoms with E-state index in [2.05, 4.69) is 6.92 Å². The fourth-order valence-corrected chi connectivity index (χ4v) is 1.75. The van der Waals surface area contributed by atoms with E-state index in [-0.39, 0.29) is 0 Å². The first-order chi connectivity index (χ1) is 5.41. The highest BCUT2D eigenvalue weighted by atomic mass is 32.2. The van der Waals surface area contributed by atoms with Gasteiger partial charge in [-0.2, -0.15) is 0 Å². The van der Waals surface area contributed by atoms with Crippen molar-refractivity contribution in [3.05, 3.63) is 0 Å². The van der Waals surface area contributed by atoms with Gasteiger partial charge < -0.3 is 0 Å². The van der Waals surface area contributed by atoms with Crippen molar-refractivity contribution in [2.45, 2.75) is 19.8 Å². The van der Waals surface area contributed by atoms with Crippen LogP contribution in [-0.4, -0.2) is 32.6 Å². The van der Waals surface area contributed by atoms with Gasteiger partial charge in [0.15, 0.2) is 0 Å². The summed E-state index contributed by atoms with van der Waals surface area (Å²) in [5, 5.41) is 0. The first-order valence-electron chi connectivity index (χ1n) is 4.32. The van der Waals surface area contributed by atoms with Crippen molar-refractivity contribution >= 4 is 10.0 Å². The number of rotatable bonds is 4. The molecule has 1 aliphatic carbocycles. The topological polar surface area (TPSA) is 37.4 Å². The Morgan fingerprint density at radius 3 is 2.33 bits per heavy atom. The van der Waals surface area contributed by atoms with Gasteiger partial charge in [-0.1, -0.05) is 6.92 Å². The summed E-state index contributed by atoms with van der Waals surface area (Å²) >= 11 is 0. The second-order valence-corrected chi connectivity index (χ2v) is 5.94. The maximum atomic E-state index is 11.0. The van der Waals surface area contributed by atoms with E-state index in [0.717, 1.165) is 18.3 Å². The van der Waals surface area contributed by atoms with Crippen LogP contribution >= 0.6 is 0 Å². The lowest BCUT2D eigenvalue weighted by Crippen LogP contribution is -2.26. The fraction of sp³-hybridized carbons (Fsp3) is 1.00. The molecule has 1 aliphatic rings. The maximum absolute atomic E-state index is 11.0. The monoisotopic (exact) mass is 191 g/mol. The Bertz CT molecular complexity index is 248. The summed E-state index contributed by atoms with van der Waals surface area (Å²) in [5.74, 6) is 1.59.